The molecule has 0 N–H and O–H groups in total. The van der Waals surface area contributed by atoms with Crippen LogP contribution in [-0.2, 0) is 9.53 Å². The molecule has 0 saturated carbocycles. The minimum Gasteiger partial charge on any atom is -0.463 e. The number of carbonyl (C=O) groups excluding carboxylic acids is 1. The van der Waals surface area contributed by atoms with Crippen molar-refractivity contribution in [1.29, 1.82) is 0 Å². The molecule has 0 unspecified atom stereocenters. The molecule has 12 heavy (non-hydrogen) atoms. The number of allylic oxidation sites excluding steroid dienone is 4. The zero-order valence-electron chi connectivity index (χ0n) is 7.19. The van der Waals surface area contributed by atoms with Gasteiger partial charge in [-0.25, -0.2) is 4.79 Å². The quantitative estimate of drug-likeness (QED) is 0.354. The fraction of sp³-hybridized carbons (Fsp3) is 0.300. The third-order valence-corrected chi connectivity index (χ3v) is 1.01. The Labute approximate surface area is 73.2 Å². The van der Waals surface area contributed by atoms with Gasteiger partial charge in [0.25, 0.3) is 0 Å². The molecule has 0 aromatic rings. The fourth-order valence-corrected chi connectivity index (χ4v) is 0.513. The maximum Gasteiger partial charge on any atom is 0.330 e. The summed E-state index contributed by atoms with van der Waals surface area (Å²) in [6.07, 6.45) is 8.46. The van der Waals surface area contributed by atoms with Crippen LogP contribution in [0.25, 0.3) is 0 Å². The van der Waals surface area contributed by atoms with E-state index < -0.39 is 0 Å². The van der Waals surface area contributed by atoms with Crippen molar-refractivity contribution in [3.8, 4) is 0 Å². The second-order valence-corrected chi connectivity index (χ2v) is 2.10. The van der Waals surface area contributed by atoms with Gasteiger partial charge in [0.1, 0.15) is 0 Å². The third kappa shape index (κ3) is 6.81. The van der Waals surface area contributed by atoms with Crippen LogP contribution in [0.15, 0.2) is 30.4 Å². The van der Waals surface area contributed by atoms with E-state index in [2.05, 4.69) is 0 Å². The Morgan fingerprint density at radius 3 is 2.75 bits per heavy atom. The molecule has 0 aromatic heterocycles. The van der Waals surface area contributed by atoms with Crippen molar-refractivity contribution in [3.05, 3.63) is 37.0 Å². The van der Waals surface area contributed by atoms with Gasteiger partial charge >= 0.3 is 5.97 Å². The van der Waals surface area contributed by atoms with Crippen LogP contribution in [0, 0.1) is 6.58 Å². The van der Waals surface area contributed by atoms with Gasteiger partial charge in [-0.3, -0.25) is 0 Å². The van der Waals surface area contributed by atoms with E-state index >= 15 is 0 Å². The Balaban J connectivity index is 3.60. The molecule has 0 rings (SSSR count). The topological polar surface area (TPSA) is 26.3 Å². The summed E-state index contributed by atoms with van der Waals surface area (Å²) >= 11 is 0. The Morgan fingerprint density at radius 2 is 2.17 bits per heavy atom. The highest BCUT2D eigenvalue weighted by Crippen LogP contribution is 1.85. The van der Waals surface area contributed by atoms with E-state index in [4.69, 9.17) is 11.3 Å². The smallest absolute Gasteiger partial charge is 0.330 e. The largest absolute Gasteiger partial charge is 0.463 e. The summed E-state index contributed by atoms with van der Waals surface area (Å²) in [7, 11) is 0. The first-order valence-electron chi connectivity index (χ1n) is 3.86. The molecule has 2 heteroatoms. The summed E-state index contributed by atoms with van der Waals surface area (Å²) in [6.45, 7) is 7.48. The SMILES string of the molecule is [CH]=CC=CC=CC(=O)OCCC. The number of carbonyl (C=O) groups is 1. The molecule has 0 fully saturated rings. The van der Waals surface area contributed by atoms with E-state index in [1.165, 1.54) is 12.2 Å². The van der Waals surface area contributed by atoms with E-state index in [0.29, 0.717) is 6.61 Å². The number of hydrogen-bond donors (Lipinski definition) is 0. The second kappa shape index (κ2) is 7.79. The van der Waals surface area contributed by atoms with Crippen LogP contribution in [0.1, 0.15) is 13.3 Å². The van der Waals surface area contributed by atoms with Gasteiger partial charge in [0.15, 0.2) is 0 Å². The second-order valence-electron chi connectivity index (χ2n) is 2.10. The fourth-order valence-electron chi connectivity index (χ4n) is 0.513. The summed E-state index contributed by atoms with van der Waals surface area (Å²) in [5, 5.41) is 0. The van der Waals surface area contributed by atoms with Crippen molar-refractivity contribution in [2.45, 2.75) is 13.3 Å². The van der Waals surface area contributed by atoms with Crippen LogP contribution in [0.5, 0.6) is 0 Å². The van der Waals surface area contributed by atoms with Gasteiger partial charge in [0, 0.05) is 6.08 Å². The van der Waals surface area contributed by atoms with Crippen molar-refractivity contribution >= 4 is 5.97 Å². The summed E-state index contributed by atoms with van der Waals surface area (Å²) in [5.41, 5.74) is 0. The lowest BCUT2D eigenvalue weighted by Gasteiger charge is -1.95. The molecule has 0 spiro atoms. The Kier molecular flexibility index (Phi) is 6.94. The highest BCUT2D eigenvalue weighted by molar-refractivity contribution is 5.82. The summed E-state index contributed by atoms with van der Waals surface area (Å²) in [5.74, 6) is -0.321. The lowest BCUT2D eigenvalue weighted by atomic mass is 10.4. The summed E-state index contributed by atoms with van der Waals surface area (Å²) in [6, 6.07) is 0. The zero-order valence-corrected chi connectivity index (χ0v) is 7.19. The number of rotatable bonds is 5. The molecule has 0 saturated heterocycles. The average molecular weight is 165 g/mol. The van der Waals surface area contributed by atoms with Crippen LogP contribution in [0.2, 0.25) is 0 Å². The number of hydrogen-bond acceptors (Lipinski definition) is 2. The Hall–Kier alpha value is -1.31. The molecule has 0 atom stereocenters. The molecular formula is C10H13O2. The van der Waals surface area contributed by atoms with Crippen LogP contribution in [0.4, 0.5) is 0 Å². The first-order chi connectivity index (χ1) is 5.81. The highest BCUT2D eigenvalue weighted by atomic mass is 16.5. The van der Waals surface area contributed by atoms with E-state index in [1.54, 1.807) is 18.2 Å². The number of ether oxygens (including phenoxy) is 1. The predicted octanol–water partition coefficient (Wildman–Crippen LogP) is 2.04. The van der Waals surface area contributed by atoms with Crippen molar-refractivity contribution in [2.75, 3.05) is 6.61 Å². The molecule has 0 aliphatic heterocycles. The van der Waals surface area contributed by atoms with Gasteiger partial charge < -0.3 is 4.74 Å². The maximum atomic E-state index is 10.8. The molecule has 0 aromatic carbocycles. The lowest BCUT2D eigenvalue weighted by Crippen LogP contribution is -2.00. The summed E-state index contributed by atoms with van der Waals surface area (Å²) < 4.78 is 4.77. The van der Waals surface area contributed by atoms with Crippen molar-refractivity contribution in [3.63, 3.8) is 0 Å². The minimum atomic E-state index is -0.321. The summed E-state index contributed by atoms with van der Waals surface area (Å²) in [4.78, 5) is 10.8. The number of esters is 1. The van der Waals surface area contributed by atoms with E-state index in [9.17, 15) is 4.79 Å². The van der Waals surface area contributed by atoms with Gasteiger partial charge in [-0.15, -0.1) is 0 Å². The van der Waals surface area contributed by atoms with Gasteiger partial charge in [-0.05, 0) is 6.42 Å². The lowest BCUT2D eigenvalue weighted by molar-refractivity contribution is -0.137. The molecule has 0 heterocycles. The zero-order chi connectivity index (χ0) is 9.23. The molecule has 1 radical (unpaired) electrons. The minimum absolute atomic E-state index is 0.321. The third-order valence-electron chi connectivity index (χ3n) is 1.01. The van der Waals surface area contributed by atoms with Gasteiger partial charge in [0.2, 0.25) is 0 Å². The first kappa shape index (κ1) is 10.7. The predicted molar refractivity (Wildman–Crippen MR) is 48.4 cm³/mol. The Morgan fingerprint density at radius 1 is 1.42 bits per heavy atom. The maximum absolute atomic E-state index is 10.8. The first-order valence-corrected chi connectivity index (χ1v) is 3.86. The van der Waals surface area contributed by atoms with E-state index in [1.807, 2.05) is 6.92 Å². The normalized spacial score (nSPS) is 10.8. The Bertz CT molecular complexity index is 190. The van der Waals surface area contributed by atoms with Crippen LogP contribution < -0.4 is 0 Å². The van der Waals surface area contributed by atoms with Crippen LogP contribution in [-0.4, -0.2) is 12.6 Å². The van der Waals surface area contributed by atoms with Crippen LogP contribution >= 0.6 is 0 Å². The van der Waals surface area contributed by atoms with Gasteiger partial charge in [0.05, 0.1) is 6.61 Å². The molecule has 0 amide bonds. The van der Waals surface area contributed by atoms with E-state index in [-0.39, 0.29) is 5.97 Å². The standard InChI is InChI=1S/C10H13O2/c1-3-5-6-7-8-10(11)12-9-4-2/h1,3,5-8H,4,9H2,2H3. The molecule has 0 aliphatic carbocycles. The van der Waals surface area contributed by atoms with Gasteiger partial charge in [-0.2, -0.15) is 0 Å². The molecule has 2 nitrogen and oxygen atoms in total. The van der Waals surface area contributed by atoms with Gasteiger partial charge in [-0.1, -0.05) is 37.8 Å². The molecule has 0 bridgehead atoms. The van der Waals surface area contributed by atoms with Crippen molar-refractivity contribution < 1.29 is 9.53 Å². The molecular weight excluding hydrogens is 152 g/mol. The average Bonchev–Trinajstić information content (AvgIpc) is 2.09. The molecule has 65 valence electrons. The van der Waals surface area contributed by atoms with E-state index in [0.717, 1.165) is 6.42 Å². The monoisotopic (exact) mass is 165 g/mol. The molecule has 0 aliphatic rings. The van der Waals surface area contributed by atoms with Crippen molar-refractivity contribution in [2.24, 2.45) is 0 Å². The van der Waals surface area contributed by atoms with Crippen molar-refractivity contribution in [1.82, 2.24) is 0 Å². The van der Waals surface area contributed by atoms with Crippen LogP contribution in [0.3, 0.4) is 0 Å². The highest BCUT2D eigenvalue weighted by Gasteiger charge is 1.91.